The number of carboxylic acid groups (broad SMARTS) is 1. The molecule has 7 nitrogen and oxygen atoms in total. The first-order valence-electron chi connectivity index (χ1n) is 7.75. The molecule has 0 atom stereocenters. The van der Waals surface area contributed by atoms with Crippen molar-refractivity contribution in [2.24, 2.45) is 5.10 Å². The largest absolute Gasteiger partial charge is 0.481 e. The van der Waals surface area contributed by atoms with Crippen LogP contribution in [0.15, 0.2) is 53.6 Å². The van der Waals surface area contributed by atoms with Gasteiger partial charge in [0.15, 0.2) is 11.5 Å². The number of rotatable bonds is 7. The Hall–Kier alpha value is -3.00. The van der Waals surface area contributed by atoms with E-state index < -0.39 is 5.97 Å². The van der Waals surface area contributed by atoms with E-state index in [1.807, 2.05) is 30.3 Å². The summed E-state index contributed by atoms with van der Waals surface area (Å²) in [6.45, 7) is 0.136. The standard InChI is InChI=1S/C18H16N2O5S/c21-17(22)10-26-9-14(12-4-2-1-3-5-12)19-20-18(23)13-6-7-15-16(8-13)25-11-24-15/h1-8H,9-11H2,(H,20,23)(H,21,22)/b19-14-. The van der Waals surface area contributed by atoms with Gasteiger partial charge in [-0.15, -0.1) is 11.8 Å². The van der Waals surface area contributed by atoms with Gasteiger partial charge in [-0.3, -0.25) is 9.59 Å². The number of carbonyl (C=O) groups excluding carboxylic acids is 1. The highest BCUT2D eigenvalue weighted by Crippen LogP contribution is 2.32. The lowest BCUT2D eigenvalue weighted by Crippen LogP contribution is -2.21. The van der Waals surface area contributed by atoms with Crippen LogP contribution in [0.2, 0.25) is 0 Å². The van der Waals surface area contributed by atoms with E-state index in [4.69, 9.17) is 14.6 Å². The van der Waals surface area contributed by atoms with Crippen LogP contribution in [-0.4, -0.2) is 41.0 Å². The van der Waals surface area contributed by atoms with E-state index in [0.29, 0.717) is 28.5 Å². The summed E-state index contributed by atoms with van der Waals surface area (Å²) in [5, 5.41) is 13.0. The van der Waals surface area contributed by atoms with Crippen molar-refractivity contribution in [1.82, 2.24) is 5.43 Å². The molecule has 3 rings (SSSR count). The third kappa shape index (κ3) is 4.54. The molecular formula is C18H16N2O5S. The second-order valence-electron chi connectivity index (χ2n) is 5.32. The van der Waals surface area contributed by atoms with Crippen molar-refractivity contribution in [1.29, 1.82) is 0 Å². The highest BCUT2D eigenvalue weighted by atomic mass is 32.2. The maximum Gasteiger partial charge on any atom is 0.313 e. The summed E-state index contributed by atoms with van der Waals surface area (Å²) in [6, 6.07) is 14.2. The number of fused-ring (bicyclic) bond motifs is 1. The Morgan fingerprint density at radius 2 is 1.81 bits per heavy atom. The zero-order valence-corrected chi connectivity index (χ0v) is 14.5. The van der Waals surface area contributed by atoms with Gasteiger partial charge in [-0.1, -0.05) is 30.3 Å². The first kappa shape index (κ1) is 17.8. The fourth-order valence-electron chi connectivity index (χ4n) is 2.27. The van der Waals surface area contributed by atoms with Gasteiger partial charge in [0.1, 0.15) is 0 Å². The van der Waals surface area contributed by atoms with Crippen molar-refractivity contribution in [3.05, 3.63) is 59.7 Å². The molecule has 0 saturated carbocycles. The molecule has 0 radical (unpaired) electrons. The molecule has 1 aliphatic heterocycles. The number of hydrogen-bond acceptors (Lipinski definition) is 6. The number of carboxylic acids is 1. The first-order valence-corrected chi connectivity index (χ1v) is 8.90. The van der Waals surface area contributed by atoms with Crippen LogP contribution in [0.3, 0.4) is 0 Å². The summed E-state index contributed by atoms with van der Waals surface area (Å²) < 4.78 is 10.5. The Bertz CT molecular complexity index is 839. The summed E-state index contributed by atoms with van der Waals surface area (Å²) in [7, 11) is 0. The predicted octanol–water partition coefficient (Wildman–Crippen LogP) is 2.37. The van der Waals surface area contributed by atoms with E-state index in [1.54, 1.807) is 18.2 Å². The van der Waals surface area contributed by atoms with Crippen LogP contribution in [0.4, 0.5) is 0 Å². The third-order valence-corrected chi connectivity index (χ3v) is 4.43. The van der Waals surface area contributed by atoms with Crippen LogP contribution in [0, 0.1) is 0 Å². The lowest BCUT2D eigenvalue weighted by Gasteiger charge is -2.07. The molecule has 1 heterocycles. The van der Waals surface area contributed by atoms with Crippen LogP contribution < -0.4 is 14.9 Å². The van der Waals surface area contributed by atoms with E-state index in [1.165, 1.54) is 11.8 Å². The topological polar surface area (TPSA) is 97.2 Å². The molecule has 0 unspecified atom stereocenters. The van der Waals surface area contributed by atoms with Gasteiger partial charge in [0.2, 0.25) is 6.79 Å². The third-order valence-electron chi connectivity index (χ3n) is 3.50. The van der Waals surface area contributed by atoms with Gasteiger partial charge in [0.25, 0.3) is 5.91 Å². The molecule has 0 aliphatic carbocycles. The lowest BCUT2D eigenvalue weighted by molar-refractivity contribution is -0.133. The van der Waals surface area contributed by atoms with Crippen molar-refractivity contribution in [2.45, 2.75) is 0 Å². The van der Waals surface area contributed by atoms with Crippen molar-refractivity contribution in [3.63, 3.8) is 0 Å². The van der Waals surface area contributed by atoms with Gasteiger partial charge in [-0.05, 0) is 23.8 Å². The number of hydrazone groups is 1. The summed E-state index contributed by atoms with van der Waals surface area (Å²) >= 11 is 1.21. The Labute approximate surface area is 154 Å². The van der Waals surface area contributed by atoms with E-state index in [2.05, 4.69) is 10.5 Å². The second kappa shape index (κ2) is 8.39. The Kier molecular flexibility index (Phi) is 5.75. The van der Waals surface area contributed by atoms with E-state index >= 15 is 0 Å². The van der Waals surface area contributed by atoms with Gasteiger partial charge in [-0.25, -0.2) is 5.43 Å². The van der Waals surface area contributed by atoms with Crippen molar-refractivity contribution >= 4 is 29.4 Å². The normalized spacial score (nSPS) is 12.7. The second-order valence-corrected chi connectivity index (χ2v) is 6.31. The summed E-state index contributed by atoms with van der Waals surface area (Å²) in [5.74, 6) is 0.147. The van der Waals surface area contributed by atoms with E-state index in [0.717, 1.165) is 5.56 Å². The maximum atomic E-state index is 12.3. The highest BCUT2D eigenvalue weighted by molar-refractivity contribution is 8.00. The van der Waals surface area contributed by atoms with Crippen molar-refractivity contribution < 1.29 is 24.2 Å². The van der Waals surface area contributed by atoms with Gasteiger partial charge >= 0.3 is 5.97 Å². The monoisotopic (exact) mass is 372 g/mol. The molecule has 2 aromatic carbocycles. The van der Waals surface area contributed by atoms with Crippen molar-refractivity contribution in [3.8, 4) is 11.5 Å². The molecule has 8 heteroatoms. The predicted molar refractivity (Wildman–Crippen MR) is 98.0 cm³/mol. The maximum absolute atomic E-state index is 12.3. The Balaban J connectivity index is 1.72. The number of thioether (sulfide) groups is 1. The molecule has 1 amide bonds. The van der Waals surface area contributed by atoms with Crippen LogP contribution in [0.1, 0.15) is 15.9 Å². The molecule has 0 bridgehead atoms. The number of carbonyl (C=O) groups is 2. The summed E-state index contributed by atoms with van der Waals surface area (Å²) in [5.41, 5.74) is 4.32. The number of amides is 1. The Morgan fingerprint density at radius 3 is 2.58 bits per heavy atom. The molecule has 26 heavy (non-hydrogen) atoms. The van der Waals surface area contributed by atoms with E-state index in [9.17, 15) is 9.59 Å². The minimum atomic E-state index is -0.896. The molecule has 2 N–H and O–H groups in total. The fourth-order valence-corrected chi connectivity index (χ4v) is 2.97. The number of hydrogen-bond donors (Lipinski definition) is 2. The zero-order valence-electron chi connectivity index (χ0n) is 13.7. The van der Waals surface area contributed by atoms with E-state index in [-0.39, 0.29) is 18.5 Å². The number of aliphatic carboxylic acids is 1. The minimum absolute atomic E-state index is 0.0397. The number of benzene rings is 2. The summed E-state index contributed by atoms with van der Waals surface area (Å²) in [6.07, 6.45) is 0. The average molecular weight is 372 g/mol. The summed E-state index contributed by atoms with van der Waals surface area (Å²) in [4.78, 5) is 23.1. The molecule has 0 aromatic heterocycles. The smallest absolute Gasteiger partial charge is 0.313 e. The molecular weight excluding hydrogens is 356 g/mol. The van der Waals surface area contributed by atoms with Gasteiger partial charge in [0, 0.05) is 11.3 Å². The molecule has 0 spiro atoms. The fraction of sp³-hybridized carbons (Fsp3) is 0.167. The molecule has 134 valence electrons. The molecule has 0 saturated heterocycles. The van der Waals surface area contributed by atoms with Gasteiger partial charge in [0.05, 0.1) is 11.5 Å². The minimum Gasteiger partial charge on any atom is -0.481 e. The van der Waals surface area contributed by atoms with Crippen molar-refractivity contribution in [2.75, 3.05) is 18.3 Å². The number of nitrogens with one attached hydrogen (secondary N) is 1. The molecule has 1 aliphatic rings. The molecule has 0 fully saturated rings. The van der Waals surface area contributed by atoms with Crippen LogP contribution >= 0.6 is 11.8 Å². The Morgan fingerprint density at radius 1 is 1.04 bits per heavy atom. The highest BCUT2D eigenvalue weighted by Gasteiger charge is 2.16. The average Bonchev–Trinajstić information content (AvgIpc) is 3.12. The van der Waals surface area contributed by atoms with Crippen LogP contribution in [-0.2, 0) is 4.79 Å². The van der Waals surface area contributed by atoms with Gasteiger partial charge < -0.3 is 14.6 Å². The molecule has 2 aromatic rings. The zero-order chi connectivity index (χ0) is 18.4. The SMILES string of the molecule is O=C(O)CSC/C(=N/NC(=O)c1ccc2c(c1)OCO2)c1ccccc1. The lowest BCUT2D eigenvalue weighted by atomic mass is 10.1. The van der Waals surface area contributed by atoms with Crippen LogP contribution in [0.5, 0.6) is 11.5 Å². The quantitative estimate of drug-likeness (QED) is 0.572. The van der Waals surface area contributed by atoms with Gasteiger partial charge in [-0.2, -0.15) is 5.10 Å². The number of ether oxygens (including phenoxy) is 2. The van der Waals surface area contributed by atoms with Crippen LogP contribution in [0.25, 0.3) is 0 Å². The first-order chi connectivity index (χ1) is 12.6. The number of nitrogens with zero attached hydrogens (tertiary/aromatic N) is 1.